The summed E-state index contributed by atoms with van der Waals surface area (Å²) in [5, 5.41) is 0.346. The Morgan fingerprint density at radius 1 is 0.885 bits per heavy atom. The zero-order chi connectivity index (χ0) is 18.1. The molecular formula is C21H14ClNO3. The molecular weight excluding hydrogens is 350 g/mol. The normalized spacial score (nSPS) is 16.0. The van der Waals surface area contributed by atoms with Crippen LogP contribution in [0.2, 0.25) is 5.02 Å². The molecule has 0 N–H and O–H groups in total. The summed E-state index contributed by atoms with van der Waals surface area (Å²) >= 11 is 6.23. The van der Waals surface area contributed by atoms with Crippen molar-refractivity contribution in [3.8, 4) is 0 Å². The van der Waals surface area contributed by atoms with Crippen molar-refractivity contribution in [3.05, 3.63) is 101 Å². The van der Waals surface area contributed by atoms with E-state index in [4.69, 9.17) is 16.3 Å². The molecule has 1 aliphatic heterocycles. The molecule has 0 fully saturated rings. The van der Waals surface area contributed by atoms with Gasteiger partial charge in [-0.1, -0.05) is 66.2 Å². The van der Waals surface area contributed by atoms with Gasteiger partial charge in [-0.15, -0.1) is 0 Å². The number of para-hydroxylation sites is 1. The summed E-state index contributed by atoms with van der Waals surface area (Å²) in [7, 11) is 0. The van der Waals surface area contributed by atoms with E-state index in [2.05, 4.69) is 0 Å². The van der Waals surface area contributed by atoms with Crippen LogP contribution < -0.4 is 4.90 Å². The molecule has 0 aliphatic carbocycles. The van der Waals surface area contributed by atoms with Gasteiger partial charge in [0.2, 0.25) is 6.23 Å². The van der Waals surface area contributed by atoms with E-state index in [1.807, 2.05) is 30.3 Å². The predicted molar refractivity (Wildman–Crippen MR) is 99.3 cm³/mol. The van der Waals surface area contributed by atoms with E-state index in [-0.39, 0.29) is 5.91 Å². The van der Waals surface area contributed by atoms with Crippen molar-refractivity contribution >= 4 is 29.2 Å². The molecule has 1 amide bonds. The summed E-state index contributed by atoms with van der Waals surface area (Å²) in [6.07, 6.45) is -0.859. The standard InChI is InChI=1S/C21H14ClNO3/c22-17-12-6-4-10-15(17)19(24)23-18-13-7-5-11-16(18)21(25)26-20(23)14-8-2-1-3-9-14/h1-13,20H. The van der Waals surface area contributed by atoms with Crippen LogP contribution in [-0.2, 0) is 4.74 Å². The van der Waals surface area contributed by atoms with Gasteiger partial charge in [-0.25, -0.2) is 4.79 Å². The molecule has 1 heterocycles. The second-order valence-electron chi connectivity index (χ2n) is 5.84. The lowest BCUT2D eigenvalue weighted by Crippen LogP contribution is -2.41. The van der Waals surface area contributed by atoms with E-state index in [1.54, 1.807) is 48.5 Å². The van der Waals surface area contributed by atoms with Crippen molar-refractivity contribution in [3.63, 3.8) is 0 Å². The number of fused-ring (bicyclic) bond motifs is 1. The van der Waals surface area contributed by atoms with Crippen molar-refractivity contribution in [1.82, 2.24) is 0 Å². The van der Waals surface area contributed by atoms with E-state index >= 15 is 0 Å². The van der Waals surface area contributed by atoms with Gasteiger partial charge in [-0.05, 0) is 24.3 Å². The smallest absolute Gasteiger partial charge is 0.342 e. The maximum Gasteiger partial charge on any atom is 0.342 e. The number of cyclic esters (lactones) is 1. The van der Waals surface area contributed by atoms with Gasteiger partial charge in [0.05, 0.1) is 21.8 Å². The van der Waals surface area contributed by atoms with E-state index in [1.165, 1.54) is 4.90 Å². The van der Waals surface area contributed by atoms with E-state index in [0.717, 1.165) is 0 Å². The number of halogens is 1. The molecule has 1 aliphatic rings. The largest absolute Gasteiger partial charge is 0.433 e. The highest BCUT2D eigenvalue weighted by molar-refractivity contribution is 6.34. The van der Waals surface area contributed by atoms with Crippen LogP contribution in [0.15, 0.2) is 78.9 Å². The summed E-state index contributed by atoms with van der Waals surface area (Å²) < 4.78 is 5.62. The number of rotatable bonds is 2. The number of nitrogens with zero attached hydrogens (tertiary/aromatic N) is 1. The van der Waals surface area contributed by atoms with E-state index < -0.39 is 12.2 Å². The van der Waals surface area contributed by atoms with Gasteiger partial charge >= 0.3 is 5.97 Å². The third kappa shape index (κ3) is 2.74. The second-order valence-corrected chi connectivity index (χ2v) is 6.25. The van der Waals surface area contributed by atoms with Gasteiger partial charge in [0.15, 0.2) is 0 Å². The minimum Gasteiger partial charge on any atom is -0.433 e. The monoisotopic (exact) mass is 363 g/mol. The zero-order valence-corrected chi connectivity index (χ0v) is 14.4. The Hall–Kier alpha value is -3.11. The summed E-state index contributed by atoms with van der Waals surface area (Å²) in [4.78, 5) is 27.3. The zero-order valence-electron chi connectivity index (χ0n) is 13.6. The van der Waals surface area contributed by atoms with Gasteiger partial charge in [0, 0.05) is 5.56 Å². The molecule has 0 radical (unpaired) electrons. The molecule has 0 spiro atoms. The average Bonchev–Trinajstić information content (AvgIpc) is 2.68. The van der Waals surface area contributed by atoms with E-state index in [0.29, 0.717) is 27.4 Å². The van der Waals surface area contributed by atoms with Crippen molar-refractivity contribution in [1.29, 1.82) is 0 Å². The third-order valence-electron chi connectivity index (χ3n) is 4.24. The highest BCUT2D eigenvalue weighted by atomic mass is 35.5. The van der Waals surface area contributed by atoms with Gasteiger partial charge in [0.1, 0.15) is 0 Å². The lowest BCUT2D eigenvalue weighted by atomic mass is 10.0. The Labute approximate surface area is 155 Å². The van der Waals surface area contributed by atoms with Gasteiger partial charge in [-0.2, -0.15) is 0 Å². The SMILES string of the molecule is O=C1OC(c2ccccc2)N(C(=O)c2ccccc2Cl)c2ccccc21. The summed E-state index contributed by atoms with van der Waals surface area (Å²) in [6, 6.07) is 22.9. The Kier molecular flexibility index (Phi) is 4.19. The third-order valence-corrected chi connectivity index (χ3v) is 4.57. The van der Waals surface area contributed by atoms with Crippen LogP contribution >= 0.6 is 11.6 Å². The van der Waals surface area contributed by atoms with Crippen LogP contribution in [0.25, 0.3) is 0 Å². The molecule has 0 saturated heterocycles. The Balaban J connectivity index is 1.89. The number of carbonyl (C=O) groups is 2. The maximum absolute atomic E-state index is 13.3. The molecule has 3 aromatic rings. The lowest BCUT2D eigenvalue weighted by Gasteiger charge is -2.36. The van der Waals surface area contributed by atoms with Crippen LogP contribution in [0, 0.1) is 0 Å². The number of ether oxygens (including phenoxy) is 1. The van der Waals surface area contributed by atoms with Crippen LogP contribution in [0.5, 0.6) is 0 Å². The second kappa shape index (κ2) is 6.65. The fraction of sp³-hybridized carbons (Fsp3) is 0.0476. The Bertz CT molecular complexity index is 987. The molecule has 4 rings (SSSR count). The molecule has 26 heavy (non-hydrogen) atoms. The first-order valence-electron chi connectivity index (χ1n) is 8.10. The van der Waals surface area contributed by atoms with Crippen LogP contribution in [0.1, 0.15) is 32.5 Å². The fourth-order valence-electron chi connectivity index (χ4n) is 3.02. The number of hydrogen-bond donors (Lipinski definition) is 0. The van der Waals surface area contributed by atoms with E-state index in [9.17, 15) is 9.59 Å². The molecule has 3 aromatic carbocycles. The van der Waals surface area contributed by atoms with Crippen molar-refractivity contribution in [2.24, 2.45) is 0 Å². The highest BCUT2D eigenvalue weighted by Crippen LogP contribution is 2.38. The quantitative estimate of drug-likeness (QED) is 0.611. The Morgan fingerprint density at radius 3 is 2.31 bits per heavy atom. The number of hydrogen-bond acceptors (Lipinski definition) is 3. The van der Waals surface area contributed by atoms with Crippen molar-refractivity contribution in [2.45, 2.75) is 6.23 Å². The van der Waals surface area contributed by atoms with Crippen molar-refractivity contribution < 1.29 is 14.3 Å². The van der Waals surface area contributed by atoms with Gasteiger partial charge in [0.25, 0.3) is 5.91 Å². The fourth-order valence-corrected chi connectivity index (χ4v) is 3.23. The molecule has 1 atom stereocenters. The first-order valence-corrected chi connectivity index (χ1v) is 8.47. The lowest BCUT2D eigenvalue weighted by molar-refractivity contribution is 0.0249. The van der Waals surface area contributed by atoms with Gasteiger partial charge < -0.3 is 4.74 Å². The highest BCUT2D eigenvalue weighted by Gasteiger charge is 2.38. The number of amides is 1. The number of esters is 1. The molecule has 5 heteroatoms. The summed E-state index contributed by atoms with van der Waals surface area (Å²) in [6.45, 7) is 0. The van der Waals surface area contributed by atoms with Crippen LogP contribution in [-0.4, -0.2) is 11.9 Å². The average molecular weight is 364 g/mol. The molecule has 1 unspecified atom stereocenters. The molecule has 0 aromatic heterocycles. The topological polar surface area (TPSA) is 46.6 Å². The number of anilines is 1. The summed E-state index contributed by atoms with van der Waals surface area (Å²) in [5.74, 6) is -0.790. The predicted octanol–water partition coefficient (Wildman–Crippen LogP) is 4.86. The Morgan fingerprint density at radius 2 is 1.54 bits per heavy atom. The van der Waals surface area contributed by atoms with Crippen molar-refractivity contribution in [2.75, 3.05) is 4.90 Å². The molecule has 4 nitrogen and oxygen atoms in total. The van der Waals surface area contributed by atoms with Crippen LogP contribution in [0.3, 0.4) is 0 Å². The molecule has 128 valence electrons. The maximum atomic E-state index is 13.3. The number of benzene rings is 3. The summed E-state index contributed by atoms with van der Waals surface area (Å²) in [5.41, 5.74) is 1.90. The minimum absolute atomic E-state index is 0.329. The van der Waals surface area contributed by atoms with Crippen LogP contribution in [0.4, 0.5) is 5.69 Å². The number of carbonyl (C=O) groups excluding carboxylic acids is 2. The molecule has 0 saturated carbocycles. The first kappa shape index (κ1) is 16.4. The van der Waals surface area contributed by atoms with Gasteiger partial charge in [-0.3, -0.25) is 9.69 Å². The first-order chi connectivity index (χ1) is 12.7. The molecule has 0 bridgehead atoms. The minimum atomic E-state index is -0.859.